The van der Waals surface area contributed by atoms with Crippen molar-refractivity contribution in [3.05, 3.63) is 77.9 Å². The quantitative estimate of drug-likeness (QED) is 0.246. The minimum absolute atomic E-state index is 0.144. The first-order valence-corrected chi connectivity index (χ1v) is 14.0. The fourth-order valence-electron chi connectivity index (χ4n) is 4.98. The third-order valence-electron chi connectivity index (χ3n) is 6.79. The highest BCUT2D eigenvalue weighted by Gasteiger charge is 2.27. The van der Waals surface area contributed by atoms with Crippen LogP contribution < -0.4 is 4.90 Å². The van der Waals surface area contributed by atoms with Crippen molar-refractivity contribution in [2.75, 3.05) is 37.3 Å². The molecule has 35 heavy (non-hydrogen) atoms. The number of hydrogen-bond donors (Lipinski definition) is 0. The molecule has 0 unspecified atom stereocenters. The predicted molar refractivity (Wildman–Crippen MR) is 140 cm³/mol. The van der Waals surface area contributed by atoms with Crippen LogP contribution in [0, 0.1) is 17.6 Å². The van der Waals surface area contributed by atoms with Crippen LogP contribution in [0.3, 0.4) is 0 Å². The number of halogens is 2. The highest BCUT2D eigenvalue weighted by atomic mass is 32.2. The van der Waals surface area contributed by atoms with E-state index >= 15 is 0 Å². The minimum atomic E-state index is -0.699. The number of anilines is 2. The monoisotopic (exact) mass is 510 g/mol. The van der Waals surface area contributed by atoms with Gasteiger partial charge in [0.15, 0.2) is 5.78 Å². The zero-order valence-electron chi connectivity index (χ0n) is 19.7. The third-order valence-corrected chi connectivity index (χ3v) is 8.65. The van der Waals surface area contributed by atoms with Crippen LogP contribution in [-0.4, -0.2) is 43.1 Å². The summed E-state index contributed by atoms with van der Waals surface area (Å²) in [5, 5.41) is 0. The summed E-state index contributed by atoms with van der Waals surface area (Å²) in [6.45, 7) is 3.53. The SMILES string of the molecule is CSc1ccc2c(c1)N(CCCN1CCC(C(=O)c3cc(F)cc(F)c3)CC1)c1ccccc1S2. The number of Topliss-reactive ketones (excluding diaryl/α,β-unsaturated/α-hetero) is 1. The fourth-order valence-corrected chi connectivity index (χ4v) is 6.49. The Bertz CT molecular complexity index is 1210. The maximum Gasteiger partial charge on any atom is 0.166 e. The van der Waals surface area contributed by atoms with Crippen LogP contribution >= 0.6 is 23.5 Å². The van der Waals surface area contributed by atoms with Gasteiger partial charge in [-0.15, -0.1) is 11.8 Å². The summed E-state index contributed by atoms with van der Waals surface area (Å²) in [6, 6.07) is 18.4. The molecule has 0 radical (unpaired) electrons. The summed E-state index contributed by atoms with van der Waals surface area (Å²) in [4.78, 5) is 21.4. The van der Waals surface area contributed by atoms with Crippen LogP contribution in [-0.2, 0) is 0 Å². The number of hydrogen-bond acceptors (Lipinski definition) is 5. The Morgan fingerprint density at radius 3 is 2.40 bits per heavy atom. The standard InChI is InChI=1S/C28H28F2N2OS2/c1-34-23-7-8-27-25(18-23)32(24-5-2-3-6-26(24)35-27)12-4-11-31-13-9-19(10-14-31)28(33)20-15-21(29)17-22(30)16-20/h2-3,5-8,15-19H,4,9-14H2,1H3. The molecular formula is C28H28F2N2OS2. The van der Waals surface area contributed by atoms with Crippen molar-refractivity contribution in [3.63, 3.8) is 0 Å². The number of fused-ring (bicyclic) bond motifs is 2. The molecule has 2 aliphatic rings. The lowest BCUT2D eigenvalue weighted by Gasteiger charge is -2.35. The van der Waals surface area contributed by atoms with Gasteiger partial charge in [0.1, 0.15) is 11.6 Å². The molecule has 5 rings (SSSR count). The van der Waals surface area contributed by atoms with E-state index in [-0.39, 0.29) is 17.3 Å². The number of ketones is 1. The first-order valence-electron chi connectivity index (χ1n) is 12.0. The van der Waals surface area contributed by atoms with Gasteiger partial charge in [-0.05, 0) is 87.6 Å². The van der Waals surface area contributed by atoms with E-state index in [4.69, 9.17) is 0 Å². The highest BCUT2D eigenvalue weighted by molar-refractivity contribution is 8.00. The van der Waals surface area contributed by atoms with Crippen molar-refractivity contribution in [1.29, 1.82) is 0 Å². The lowest BCUT2D eigenvalue weighted by Crippen LogP contribution is -2.38. The molecule has 2 heterocycles. The number of likely N-dealkylation sites (tertiary alicyclic amines) is 1. The maximum atomic E-state index is 13.5. The van der Waals surface area contributed by atoms with Crippen LogP contribution in [0.25, 0.3) is 0 Å². The van der Waals surface area contributed by atoms with Gasteiger partial charge in [0.05, 0.1) is 11.4 Å². The molecule has 0 spiro atoms. The second-order valence-electron chi connectivity index (χ2n) is 9.05. The molecule has 0 bridgehead atoms. The second kappa shape index (κ2) is 10.7. The number of nitrogens with zero attached hydrogens (tertiary/aromatic N) is 2. The Labute approximate surface area is 213 Å². The third kappa shape index (κ3) is 5.42. The van der Waals surface area contributed by atoms with E-state index in [1.807, 2.05) is 11.8 Å². The van der Waals surface area contributed by atoms with E-state index in [2.05, 4.69) is 58.5 Å². The van der Waals surface area contributed by atoms with Gasteiger partial charge >= 0.3 is 0 Å². The molecule has 7 heteroatoms. The van der Waals surface area contributed by atoms with Crippen LogP contribution in [0.1, 0.15) is 29.6 Å². The molecule has 0 aromatic heterocycles. The molecular weight excluding hydrogens is 482 g/mol. The van der Waals surface area contributed by atoms with Crippen LogP contribution in [0.15, 0.2) is 75.4 Å². The predicted octanol–water partition coefficient (Wildman–Crippen LogP) is 7.27. The van der Waals surface area contributed by atoms with Gasteiger partial charge in [-0.1, -0.05) is 23.9 Å². The lowest BCUT2D eigenvalue weighted by molar-refractivity contribution is 0.0839. The van der Waals surface area contributed by atoms with Gasteiger partial charge in [0.25, 0.3) is 0 Å². The maximum absolute atomic E-state index is 13.5. The Balaban J connectivity index is 1.19. The Kier molecular flexibility index (Phi) is 7.46. The number of carbonyl (C=O) groups is 1. The Morgan fingerprint density at radius 2 is 1.66 bits per heavy atom. The molecule has 3 aromatic carbocycles. The molecule has 1 saturated heterocycles. The van der Waals surface area contributed by atoms with Crippen LogP contribution in [0.2, 0.25) is 0 Å². The summed E-state index contributed by atoms with van der Waals surface area (Å²) in [5.41, 5.74) is 2.67. The van der Waals surface area contributed by atoms with Crippen molar-refractivity contribution in [2.45, 2.75) is 33.9 Å². The largest absolute Gasteiger partial charge is 0.340 e. The van der Waals surface area contributed by atoms with E-state index in [0.717, 1.165) is 63.6 Å². The molecule has 2 aliphatic heterocycles. The van der Waals surface area contributed by atoms with Gasteiger partial charge in [-0.25, -0.2) is 8.78 Å². The van der Waals surface area contributed by atoms with Gasteiger partial charge in [-0.2, -0.15) is 0 Å². The van der Waals surface area contributed by atoms with Gasteiger partial charge in [0, 0.05) is 38.8 Å². The average molecular weight is 511 g/mol. The van der Waals surface area contributed by atoms with Crippen molar-refractivity contribution in [1.82, 2.24) is 4.90 Å². The second-order valence-corrected chi connectivity index (χ2v) is 11.0. The normalized spacial score (nSPS) is 16.1. The zero-order chi connectivity index (χ0) is 24.4. The highest BCUT2D eigenvalue weighted by Crippen LogP contribution is 2.48. The first kappa shape index (κ1) is 24.3. The zero-order valence-corrected chi connectivity index (χ0v) is 21.3. The molecule has 0 saturated carbocycles. The van der Waals surface area contributed by atoms with E-state index in [1.165, 1.54) is 26.1 Å². The molecule has 0 N–H and O–H groups in total. The molecule has 182 valence electrons. The van der Waals surface area contributed by atoms with E-state index in [9.17, 15) is 13.6 Å². The molecule has 0 amide bonds. The van der Waals surface area contributed by atoms with Crippen molar-refractivity contribution < 1.29 is 13.6 Å². The molecule has 0 aliphatic carbocycles. The molecule has 1 fully saturated rings. The number of rotatable bonds is 7. The topological polar surface area (TPSA) is 23.6 Å². The lowest BCUT2D eigenvalue weighted by atomic mass is 9.88. The molecule has 3 nitrogen and oxygen atoms in total. The summed E-state index contributed by atoms with van der Waals surface area (Å²) in [7, 11) is 0. The van der Waals surface area contributed by atoms with Crippen molar-refractivity contribution in [3.8, 4) is 0 Å². The first-order chi connectivity index (χ1) is 17.0. The van der Waals surface area contributed by atoms with Crippen LogP contribution in [0.4, 0.5) is 20.2 Å². The van der Waals surface area contributed by atoms with Crippen LogP contribution in [0.5, 0.6) is 0 Å². The number of thioether (sulfide) groups is 1. The van der Waals surface area contributed by atoms with Gasteiger partial charge in [0.2, 0.25) is 0 Å². The Morgan fingerprint density at radius 1 is 0.943 bits per heavy atom. The smallest absolute Gasteiger partial charge is 0.166 e. The number of benzene rings is 3. The number of carbonyl (C=O) groups excluding carboxylic acids is 1. The molecule has 0 atom stereocenters. The summed E-state index contributed by atoms with van der Waals surface area (Å²) < 4.78 is 27.1. The number of piperidine rings is 1. The van der Waals surface area contributed by atoms with Crippen molar-refractivity contribution in [2.24, 2.45) is 5.92 Å². The fraction of sp³-hybridized carbons (Fsp3) is 0.321. The van der Waals surface area contributed by atoms with E-state index < -0.39 is 11.6 Å². The van der Waals surface area contributed by atoms with E-state index in [0.29, 0.717) is 0 Å². The molecule has 3 aromatic rings. The van der Waals surface area contributed by atoms with Gasteiger partial charge < -0.3 is 9.80 Å². The van der Waals surface area contributed by atoms with Gasteiger partial charge in [-0.3, -0.25) is 4.79 Å². The summed E-state index contributed by atoms with van der Waals surface area (Å²) in [5.74, 6) is -1.72. The minimum Gasteiger partial charge on any atom is -0.340 e. The van der Waals surface area contributed by atoms with E-state index in [1.54, 1.807) is 11.8 Å². The van der Waals surface area contributed by atoms with Crippen molar-refractivity contribution >= 4 is 40.7 Å². The average Bonchev–Trinajstić information content (AvgIpc) is 2.87. The summed E-state index contributed by atoms with van der Waals surface area (Å²) >= 11 is 3.59. The Hall–Kier alpha value is -2.35. The number of para-hydroxylation sites is 1. The summed E-state index contributed by atoms with van der Waals surface area (Å²) in [6.07, 6.45) is 4.56.